The Balaban J connectivity index is 1.30. The highest BCUT2D eigenvalue weighted by Gasteiger charge is 2.22. The fraction of sp³-hybridized carbons (Fsp3) is 0.696. The number of benzene rings is 1. The summed E-state index contributed by atoms with van der Waals surface area (Å²) in [5, 5.41) is 3.57. The number of guanidine groups is 1. The van der Waals surface area contributed by atoms with Gasteiger partial charge < -0.3 is 19.9 Å². The van der Waals surface area contributed by atoms with Gasteiger partial charge in [-0.3, -0.25) is 4.99 Å². The molecule has 2 heterocycles. The fourth-order valence-electron chi connectivity index (χ4n) is 4.36. The molecule has 5 nitrogen and oxygen atoms in total. The summed E-state index contributed by atoms with van der Waals surface area (Å²) >= 11 is 0. The quantitative estimate of drug-likeness (QED) is 0.441. The van der Waals surface area contributed by atoms with Crippen molar-refractivity contribution in [1.29, 1.82) is 0 Å². The number of aliphatic imine (C=N–C) groups is 1. The molecule has 0 radical (unpaired) electrons. The van der Waals surface area contributed by atoms with Crippen LogP contribution in [-0.2, 0) is 0 Å². The predicted molar refractivity (Wildman–Crippen MR) is 117 cm³/mol. The van der Waals surface area contributed by atoms with Crippen molar-refractivity contribution < 1.29 is 4.74 Å². The third kappa shape index (κ3) is 6.69. The predicted octanol–water partition coefficient (Wildman–Crippen LogP) is 3.62. The minimum atomic E-state index is 0.309. The molecule has 0 saturated carbocycles. The highest BCUT2D eigenvalue weighted by atomic mass is 16.5. The number of nitrogens with one attached hydrogen (secondary N) is 1. The third-order valence-corrected chi connectivity index (χ3v) is 5.92. The van der Waals surface area contributed by atoms with E-state index in [4.69, 9.17) is 4.74 Å². The molecule has 1 aromatic carbocycles. The zero-order chi connectivity index (χ0) is 19.6. The van der Waals surface area contributed by atoms with Crippen molar-refractivity contribution in [2.24, 2.45) is 10.9 Å². The lowest BCUT2D eigenvalue weighted by atomic mass is 10.0. The molecule has 3 rings (SSSR count). The number of unbranched alkanes of at least 4 members (excludes halogenated alkanes) is 1. The maximum Gasteiger partial charge on any atom is 0.193 e. The van der Waals surface area contributed by atoms with Crippen molar-refractivity contribution in [3.63, 3.8) is 0 Å². The first kappa shape index (κ1) is 21.0. The van der Waals surface area contributed by atoms with E-state index in [0.717, 1.165) is 50.1 Å². The molecule has 0 spiro atoms. The van der Waals surface area contributed by atoms with Gasteiger partial charge in [-0.15, -0.1) is 0 Å². The van der Waals surface area contributed by atoms with Crippen LogP contribution in [0.1, 0.15) is 45.4 Å². The molecule has 0 aliphatic carbocycles. The van der Waals surface area contributed by atoms with Crippen LogP contribution >= 0.6 is 0 Å². The van der Waals surface area contributed by atoms with E-state index in [0.29, 0.717) is 6.10 Å². The first-order chi connectivity index (χ1) is 13.7. The van der Waals surface area contributed by atoms with Crippen LogP contribution in [-0.4, -0.2) is 68.2 Å². The summed E-state index contributed by atoms with van der Waals surface area (Å²) in [5.74, 6) is 2.90. The number of hydrogen-bond donors (Lipinski definition) is 1. The number of nitrogens with zero attached hydrogens (tertiary/aromatic N) is 3. The minimum Gasteiger partial charge on any atom is -0.490 e. The van der Waals surface area contributed by atoms with Gasteiger partial charge in [0.1, 0.15) is 11.9 Å². The first-order valence-electron chi connectivity index (χ1n) is 11.1. The van der Waals surface area contributed by atoms with Gasteiger partial charge in [0.05, 0.1) is 0 Å². The minimum absolute atomic E-state index is 0.309. The molecule has 2 fully saturated rings. The van der Waals surface area contributed by atoms with E-state index in [-0.39, 0.29) is 0 Å². The van der Waals surface area contributed by atoms with Crippen LogP contribution in [0.5, 0.6) is 5.75 Å². The summed E-state index contributed by atoms with van der Waals surface area (Å²) in [6, 6.07) is 10.2. The Hall–Kier alpha value is -1.75. The molecule has 0 bridgehead atoms. The Kier molecular flexibility index (Phi) is 8.46. The summed E-state index contributed by atoms with van der Waals surface area (Å²) in [4.78, 5) is 9.51. The maximum atomic E-state index is 6.10. The van der Waals surface area contributed by atoms with Gasteiger partial charge in [0.15, 0.2) is 5.96 Å². The van der Waals surface area contributed by atoms with Crippen molar-refractivity contribution in [2.45, 2.75) is 51.6 Å². The molecule has 0 amide bonds. The summed E-state index contributed by atoms with van der Waals surface area (Å²) in [7, 11) is 1.89. The average Bonchev–Trinajstić information content (AvgIpc) is 2.72. The van der Waals surface area contributed by atoms with Gasteiger partial charge in [-0.05, 0) is 56.8 Å². The fourth-order valence-corrected chi connectivity index (χ4v) is 4.36. The summed E-state index contributed by atoms with van der Waals surface area (Å²) in [6.45, 7) is 9.22. The van der Waals surface area contributed by atoms with Crippen LogP contribution in [0.3, 0.4) is 0 Å². The number of ether oxygens (including phenoxy) is 1. The molecular formula is C23H38N4O. The van der Waals surface area contributed by atoms with Gasteiger partial charge in [0, 0.05) is 46.1 Å². The molecule has 0 aromatic heterocycles. The molecule has 1 unspecified atom stereocenters. The van der Waals surface area contributed by atoms with Crippen LogP contribution in [0.2, 0.25) is 0 Å². The van der Waals surface area contributed by atoms with E-state index >= 15 is 0 Å². The molecule has 1 atom stereocenters. The van der Waals surface area contributed by atoms with E-state index in [1.807, 2.05) is 37.4 Å². The van der Waals surface area contributed by atoms with Gasteiger partial charge in [0.25, 0.3) is 0 Å². The van der Waals surface area contributed by atoms with Gasteiger partial charge in [-0.25, -0.2) is 0 Å². The number of para-hydroxylation sites is 1. The molecule has 156 valence electrons. The van der Waals surface area contributed by atoms with Crippen molar-refractivity contribution in [1.82, 2.24) is 15.1 Å². The second-order valence-corrected chi connectivity index (χ2v) is 8.35. The second kappa shape index (κ2) is 11.3. The Morgan fingerprint density at radius 2 is 1.89 bits per heavy atom. The molecule has 2 saturated heterocycles. The van der Waals surface area contributed by atoms with E-state index in [9.17, 15) is 0 Å². The van der Waals surface area contributed by atoms with E-state index < -0.39 is 0 Å². The number of likely N-dealkylation sites (tertiary alicyclic amines) is 2. The van der Waals surface area contributed by atoms with Crippen LogP contribution in [0.15, 0.2) is 35.3 Å². The zero-order valence-electron chi connectivity index (χ0n) is 17.8. The highest BCUT2D eigenvalue weighted by Crippen LogP contribution is 2.19. The normalized spacial score (nSPS) is 22.3. The lowest BCUT2D eigenvalue weighted by Gasteiger charge is -2.34. The van der Waals surface area contributed by atoms with Gasteiger partial charge in [-0.1, -0.05) is 25.1 Å². The maximum absolute atomic E-state index is 6.10. The van der Waals surface area contributed by atoms with Crippen molar-refractivity contribution >= 4 is 5.96 Å². The number of rotatable bonds is 7. The van der Waals surface area contributed by atoms with Crippen LogP contribution in [0.25, 0.3) is 0 Å². The molecular weight excluding hydrogens is 348 g/mol. The van der Waals surface area contributed by atoms with E-state index in [2.05, 4.69) is 27.0 Å². The van der Waals surface area contributed by atoms with Gasteiger partial charge in [-0.2, -0.15) is 0 Å². The average molecular weight is 387 g/mol. The summed E-state index contributed by atoms with van der Waals surface area (Å²) in [6.07, 6.45) is 7.65. The highest BCUT2D eigenvalue weighted by molar-refractivity contribution is 5.79. The van der Waals surface area contributed by atoms with Crippen LogP contribution in [0.4, 0.5) is 0 Å². The SMILES string of the molecule is CN=C(NCCCCN1CCCC(C)C1)N1CCC(Oc2ccccc2)CC1. The molecule has 2 aliphatic heterocycles. The van der Waals surface area contributed by atoms with Gasteiger partial charge >= 0.3 is 0 Å². The Morgan fingerprint density at radius 3 is 2.61 bits per heavy atom. The standard InChI is InChI=1S/C23H38N4O/c1-20-9-8-16-26(19-20)15-7-6-14-25-23(24-2)27-17-12-22(13-18-27)28-21-10-4-3-5-11-21/h3-5,10-11,20,22H,6-9,12-19H2,1-2H3,(H,24,25). The number of piperidine rings is 2. The first-order valence-corrected chi connectivity index (χ1v) is 11.1. The molecule has 1 aromatic rings. The molecule has 1 N–H and O–H groups in total. The van der Waals surface area contributed by atoms with Crippen molar-refractivity contribution in [3.8, 4) is 5.75 Å². The third-order valence-electron chi connectivity index (χ3n) is 5.92. The lowest BCUT2D eigenvalue weighted by Crippen LogP contribution is -2.47. The summed E-state index contributed by atoms with van der Waals surface area (Å²) in [5.41, 5.74) is 0. The Labute approximate surface area is 171 Å². The van der Waals surface area contributed by atoms with E-state index in [1.54, 1.807) is 0 Å². The Morgan fingerprint density at radius 1 is 1.11 bits per heavy atom. The molecule has 5 heteroatoms. The van der Waals surface area contributed by atoms with E-state index in [1.165, 1.54) is 45.3 Å². The zero-order valence-corrected chi connectivity index (χ0v) is 17.8. The largest absolute Gasteiger partial charge is 0.490 e. The van der Waals surface area contributed by atoms with Gasteiger partial charge in [0.2, 0.25) is 0 Å². The summed E-state index contributed by atoms with van der Waals surface area (Å²) < 4.78 is 6.10. The van der Waals surface area contributed by atoms with Crippen molar-refractivity contribution in [3.05, 3.63) is 30.3 Å². The molecule has 28 heavy (non-hydrogen) atoms. The monoisotopic (exact) mass is 386 g/mol. The second-order valence-electron chi connectivity index (χ2n) is 8.35. The van der Waals surface area contributed by atoms with Crippen molar-refractivity contribution in [2.75, 3.05) is 46.3 Å². The van der Waals surface area contributed by atoms with Crippen LogP contribution in [0, 0.1) is 5.92 Å². The topological polar surface area (TPSA) is 40.1 Å². The Bertz CT molecular complexity index is 584. The molecule has 2 aliphatic rings. The van der Waals surface area contributed by atoms with Crippen LogP contribution < -0.4 is 10.1 Å². The number of hydrogen-bond acceptors (Lipinski definition) is 3. The smallest absolute Gasteiger partial charge is 0.193 e. The lowest BCUT2D eigenvalue weighted by molar-refractivity contribution is 0.129.